The Balaban J connectivity index is 1.55. The molecule has 3 aromatic carbocycles. The second-order valence-corrected chi connectivity index (χ2v) is 12.1. The summed E-state index contributed by atoms with van der Waals surface area (Å²) in [5, 5.41) is 2.97. The zero-order valence-electron chi connectivity index (χ0n) is 24.1. The van der Waals surface area contributed by atoms with Crippen LogP contribution < -0.4 is 14.8 Å². The summed E-state index contributed by atoms with van der Waals surface area (Å²) in [4.78, 5) is 29.3. The molecule has 0 heterocycles. The van der Waals surface area contributed by atoms with Crippen LogP contribution in [0.25, 0.3) is 0 Å². The molecule has 1 atom stereocenters. The molecular weight excluding hydrogens is 554 g/mol. The molecule has 3 aromatic rings. The van der Waals surface area contributed by atoms with E-state index in [1.165, 1.54) is 0 Å². The lowest BCUT2D eigenvalue weighted by Gasteiger charge is -2.32. The van der Waals surface area contributed by atoms with Crippen LogP contribution in [0.5, 0.6) is 5.75 Å². The first-order valence-electron chi connectivity index (χ1n) is 14.2. The normalized spacial score (nSPS) is 13.8. The molecule has 0 aromatic heterocycles. The first kappa shape index (κ1) is 31.2. The molecule has 0 aliphatic heterocycles. The second kappa shape index (κ2) is 14.9. The van der Waals surface area contributed by atoms with Gasteiger partial charge in [0.1, 0.15) is 11.8 Å². The lowest BCUT2D eigenvalue weighted by atomic mass is 10.0. The number of amides is 2. The molecule has 4 rings (SSSR count). The Morgan fingerprint density at radius 2 is 1.60 bits per heavy atom. The Labute approximate surface area is 248 Å². The van der Waals surface area contributed by atoms with Crippen LogP contribution in [0.15, 0.2) is 83.8 Å². The van der Waals surface area contributed by atoms with Gasteiger partial charge in [-0.3, -0.25) is 9.59 Å². The molecule has 0 bridgehead atoms. The third-order valence-corrected chi connectivity index (χ3v) is 8.63. The fraction of sp³-hybridized carbons (Fsp3) is 0.375. The van der Waals surface area contributed by atoms with Gasteiger partial charge in [0.2, 0.25) is 21.8 Å². The third-order valence-electron chi connectivity index (χ3n) is 7.09. The summed E-state index contributed by atoms with van der Waals surface area (Å²) >= 11 is 0. The molecule has 10 heteroatoms. The Morgan fingerprint density at radius 3 is 2.21 bits per heavy atom. The molecule has 2 amide bonds. The summed E-state index contributed by atoms with van der Waals surface area (Å²) in [6, 6.07) is 22.5. The first-order valence-corrected chi connectivity index (χ1v) is 15.6. The minimum atomic E-state index is -3.55. The standard InChI is InChI=1S/C32H39N3O6S/c1-40-22-6-21-33-32(37)31(26-7-4-3-5-8-26)35(23-25-9-16-28(41-2)17-10-25)30(36)20-13-24-11-18-29(19-12-24)42(38,39)34-27-14-15-27/h3-5,7-12,16-19,27,31,34H,6,13-15,20-23H2,1-2H3,(H,33,37)/t31-/m0/s1. The van der Waals surface area contributed by atoms with Crippen LogP contribution >= 0.6 is 0 Å². The van der Waals surface area contributed by atoms with E-state index in [0.29, 0.717) is 37.3 Å². The minimum absolute atomic E-state index is 0.0266. The van der Waals surface area contributed by atoms with E-state index in [4.69, 9.17) is 9.47 Å². The highest BCUT2D eigenvalue weighted by atomic mass is 32.2. The van der Waals surface area contributed by atoms with Crippen molar-refractivity contribution in [2.75, 3.05) is 27.4 Å². The van der Waals surface area contributed by atoms with Crippen molar-refractivity contribution in [2.45, 2.75) is 55.6 Å². The van der Waals surface area contributed by atoms with E-state index < -0.39 is 16.1 Å². The molecule has 2 N–H and O–H groups in total. The number of ether oxygens (including phenoxy) is 2. The highest BCUT2D eigenvalue weighted by Gasteiger charge is 2.31. The lowest BCUT2D eigenvalue weighted by molar-refractivity contribution is -0.141. The van der Waals surface area contributed by atoms with E-state index in [1.54, 1.807) is 43.4 Å². The number of aryl methyl sites for hydroxylation is 1. The predicted molar refractivity (Wildman–Crippen MR) is 160 cm³/mol. The van der Waals surface area contributed by atoms with Gasteiger partial charge in [0.15, 0.2) is 0 Å². The van der Waals surface area contributed by atoms with Crippen LogP contribution in [0.2, 0.25) is 0 Å². The summed E-state index contributed by atoms with van der Waals surface area (Å²) in [7, 11) is -0.342. The van der Waals surface area contributed by atoms with Crippen molar-refractivity contribution in [3.63, 3.8) is 0 Å². The topological polar surface area (TPSA) is 114 Å². The molecule has 42 heavy (non-hydrogen) atoms. The van der Waals surface area contributed by atoms with Crippen molar-refractivity contribution in [1.82, 2.24) is 14.9 Å². The van der Waals surface area contributed by atoms with Crippen molar-refractivity contribution >= 4 is 21.8 Å². The summed E-state index contributed by atoms with van der Waals surface area (Å²) in [5.41, 5.74) is 2.40. The zero-order valence-corrected chi connectivity index (χ0v) is 24.9. The molecule has 1 saturated carbocycles. The largest absolute Gasteiger partial charge is 0.497 e. The monoisotopic (exact) mass is 593 g/mol. The number of hydrogen-bond acceptors (Lipinski definition) is 6. The average Bonchev–Trinajstić information content (AvgIpc) is 3.82. The second-order valence-electron chi connectivity index (χ2n) is 10.4. The van der Waals surface area contributed by atoms with Gasteiger partial charge < -0.3 is 19.7 Å². The summed E-state index contributed by atoms with van der Waals surface area (Å²) in [6.07, 6.45) is 2.91. The van der Waals surface area contributed by atoms with Crippen molar-refractivity contribution in [3.05, 3.63) is 95.6 Å². The average molecular weight is 594 g/mol. The van der Waals surface area contributed by atoms with Gasteiger partial charge in [-0.05, 0) is 66.6 Å². The van der Waals surface area contributed by atoms with Crippen molar-refractivity contribution in [2.24, 2.45) is 0 Å². The third kappa shape index (κ3) is 8.88. The minimum Gasteiger partial charge on any atom is -0.497 e. The van der Waals surface area contributed by atoms with Crippen molar-refractivity contribution in [3.8, 4) is 5.75 Å². The maximum Gasteiger partial charge on any atom is 0.247 e. The van der Waals surface area contributed by atoms with Crippen molar-refractivity contribution < 1.29 is 27.5 Å². The van der Waals surface area contributed by atoms with Crippen LogP contribution in [0.1, 0.15) is 48.4 Å². The van der Waals surface area contributed by atoms with E-state index in [-0.39, 0.29) is 35.7 Å². The maximum atomic E-state index is 13.9. The smallest absolute Gasteiger partial charge is 0.247 e. The summed E-state index contributed by atoms with van der Waals surface area (Å²) in [5.74, 6) is 0.237. The molecule has 1 fully saturated rings. The number of sulfonamides is 1. The Kier molecular flexibility index (Phi) is 11.1. The van der Waals surface area contributed by atoms with Gasteiger partial charge in [-0.25, -0.2) is 13.1 Å². The molecule has 0 unspecified atom stereocenters. The molecule has 0 spiro atoms. The maximum absolute atomic E-state index is 13.9. The molecule has 9 nitrogen and oxygen atoms in total. The van der Waals surface area contributed by atoms with Gasteiger partial charge in [-0.2, -0.15) is 0 Å². The molecular formula is C32H39N3O6S. The van der Waals surface area contributed by atoms with Crippen LogP contribution in [-0.4, -0.2) is 58.5 Å². The number of carbonyl (C=O) groups is 2. The lowest BCUT2D eigenvalue weighted by Crippen LogP contribution is -2.43. The number of carbonyl (C=O) groups excluding carboxylic acids is 2. The highest BCUT2D eigenvalue weighted by Crippen LogP contribution is 2.26. The fourth-order valence-electron chi connectivity index (χ4n) is 4.60. The van der Waals surface area contributed by atoms with E-state index in [2.05, 4.69) is 10.0 Å². The van der Waals surface area contributed by atoms with Gasteiger partial charge in [-0.1, -0.05) is 54.6 Å². The number of rotatable bonds is 16. The fourth-order valence-corrected chi connectivity index (χ4v) is 5.91. The van der Waals surface area contributed by atoms with Crippen LogP contribution in [0.3, 0.4) is 0 Å². The van der Waals surface area contributed by atoms with E-state index >= 15 is 0 Å². The summed E-state index contributed by atoms with van der Waals surface area (Å²) in [6.45, 7) is 1.16. The number of nitrogens with zero attached hydrogens (tertiary/aromatic N) is 1. The molecule has 224 valence electrons. The SMILES string of the molecule is COCCCNC(=O)[C@H](c1ccccc1)N(Cc1ccc(OC)cc1)C(=O)CCc1ccc(S(=O)(=O)NC2CC2)cc1. The summed E-state index contributed by atoms with van der Waals surface area (Å²) < 4.78 is 38.1. The molecule has 0 saturated heterocycles. The molecule has 1 aliphatic carbocycles. The number of nitrogens with one attached hydrogen (secondary N) is 2. The van der Waals surface area contributed by atoms with E-state index in [1.807, 2.05) is 54.6 Å². The van der Waals surface area contributed by atoms with Gasteiger partial charge in [0, 0.05) is 39.3 Å². The van der Waals surface area contributed by atoms with Crippen molar-refractivity contribution in [1.29, 1.82) is 0 Å². The Morgan fingerprint density at radius 1 is 0.929 bits per heavy atom. The quantitative estimate of drug-likeness (QED) is 0.243. The van der Waals surface area contributed by atoms with Crippen LogP contribution in [0.4, 0.5) is 0 Å². The molecule has 1 aliphatic rings. The first-order chi connectivity index (χ1) is 20.3. The number of benzene rings is 3. The highest BCUT2D eigenvalue weighted by molar-refractivity contribution is 7.89. The molecule has 0 radical (unpaired) electrons. The Bertz CT molecular complexity index is 1410. The number of hydrogen-bond donors (Lipinski definition) is 2. The van der Waals surface area contributed by atoms with E-state index in [9.17, 15) is 18.0 Å². The zero-order chi connectivity index (χ0) is 30.0. The van der Waals surface area contributed by atoms with Crippen LogP contribution in [0, 0.1) is 0 Å². The van der Waals surface area contributed by atoms with Gasteiger partial charge in [0.05, 0.1) is 12.0 Å². The van der Waals surface area contributed by atoms with E-state index in [0.717, 1.165) is 24.0 Å². The van der Waals surface area contributed by atoms with Gasteiger partial charge >= 0.3 is 0 Å². The predicted octanol–water partition coefficient (Wildman–Crippen LogP) is 3.99. The number of methoxy groups -OCH3 is 2. The van der Waals surface area contributed by atoms with Crippen LogP contribution in [-0.2, 0) is 37.3 Å². The Hall–Kier alpha value is -3.73. The van der Waals surface area contributed by atoms with Gasteiger partial charge in [-0.15, -0.1) is 0 Å². The van der Waals surface area contributed by atoms with Gasteiger partial charge in [0.25, 0.3) is 0 Å².